The Bertz CT molecular complexity index is 1130. The van der Waals surface area contributed by atoms with Gasteiger partial charge in [0.15, 0.2) is 5.58 Å². The van der Waals surface area contributed by atoms with Gasteiger partial charge < -0.3 is 4.42 Å². The molecule has 1 amide bonds. The third-order valence-electron chi connectivity index (χ3n) is 4.85. The minimum Gasteiger partial charge on any atom is -0.408 e. The second kappa shape index (κ2) is 9.24. The van der Waals surface area contributed by atoms with E-state index in [1.54, 1.807) is 6.07 Å². The van der Waals surface area contributed by atoms with E-state index < -0.39 is 5.76 Å². The van der Waals surface area contributed by atoms with Crippen molar-refractivity contribution in [3.05, 3.63) is 107 Å². The number of rotatable bonds is 8. The molecule has 4 aromatic rings. The first kappa shape index (κ1) is 19.7. The van der Waals surface area contributed by atoms with Gasteiger partial charge in [0.2, 0.25) is 5.91 Å². The molecule has 4 rings (SSSR count). The van der Waals surface area contributed by atoms with Crippen molar-refractivity contribution in [3.63, 3.8) is 0 Å². The van der Waals surface area contributed by atoms with Gasteiger partial charge in [0.05, 0.1) is 5.52 Å². The van der Waals surface area contributed by atoms with Crippen LogP contribution in [0.4, 0.5) is 0 Å². The van der Waals surface area contributed by atoms with E-state index >= 15 is 0 Å². The Kier molecular flexibility index (Phi) is 6.06. The molecule has 0 aliphatic rings. The molecule has 0 radical (unpaired) electrons. The highest BCUT2D eigenvalue weighted by molar-refractivity contribution is 5.76. The quantitative estimate of drug-likeness (QED) is 0.457. The molecule has 6 nitrogen and oxygen atoms in total. The fourth-order valence-corrected chi connectivity index (χ4v) is 3.41. The van der Waals surface area contributed by atoms with E-state index in [4.69, 9.17) is 4.42 Å². The van der Waals surface area contributed by atoms with E-state index in [1.165, 1.54) is 4.57 Å². The second-order valence-corrected chi connectivity index (χ2v) is 7.10. The monoisotopic (exact) mass is 401 g/mol. The van der Waals surface area contributed by atoms with Crippen LogP contribution in [-0.4, -0.2) is 15.5 Å². The van der Waals surface area contributed by atoms with E-state index in [0.717, 1.165) is 11.1 Å². The fraction of sp³-hybridized carbons (Fsp3) is 0.167. The van der Waals surface area contributed by atoms with Crippen molar-refractivity contribution in [1.29, 1.82) is 0 Å². The largest absolute Gasteiger partial charge is 0.419 e. The Morgan fingerprint density at radius 2 is 1.40 bits per heavy atom. The van der Waals surface area contributed by atoms with Gasteiger partial charge in [-0.1, -0.05) is 72.8 Å². The van der Waals surface area contributed by atoms with Crippen molar-refractivity contribution in [2.24, 2.45) is 0 Å². The highest BCUT2D eigenvalue weighted by Gasteiger charge is 2.14. The van der Waals surface area contributed by atoms with Crippen molar-refractivity contribution in [1.82, 2.24) is 15.0 Å². The zero-order valence-electron chi connectivity index (χ0n) is 16.5. The molecule has 152 valence electrons. The van der Waals surface area contributed by atoms with E-state index in [2.05, 4.69) is 5.43 Å². The Morgan fingerprint density at radius 1 is 0.833 bits per heavy atom. The highest BCUT2D eigenvalue weighted by atomic mass is 16.4. The Labute approximate surface area is 174 Å². The molecule has 30 heavy (non-hydrogen) atoms. The molecule has 0 aliphatic carbocycles. The SMILES string of the molecule is O=C(CCn1c(=O)oc2ccccc21)NN(Cc1ccccc1)Cc1ccccc1. The summed E-state index contributed by atoms with van der Waals surface area (Å²) in [5.41, 5.74) is 6.42. The van der Waals surface area contributed by atoms with Crippen LogP contribution in [0.1, 0.15) is 17.5 Å². The summed E-state index contributed by atoms with van der Waals surface area (Å²) in [4.78, 5) is 24.8. The van der Waals surface area contributed by atoms with E-state index in [1.807, 2.05) is 83.9 Å². The molecule has 1 aromatic heterocycles. The van der Waals surface area contributed by atoms with Crippen LogP contribution in [0.25, 0.3) is 11.1 Å². The van der Waals surface area contributed by atoms with Gasteiger partial charge in [-0.25, -0.2) is 9.80 Å². The summed E-state index contributed by atoms with van der Waals surface area (Å²) in [6, 6.07) is 27.2. The van der Waals surface area contributed by atoms with Crippen molar-refractivity contribution in [2.45, 2.75) is 26.1 Å². The maximum atomic E-state index is 12.7. The molecule has 1 heterocycles. The Balaban J connectivity index is 1.44. The van der Waals surface area contributed by atoms with Crippen LogP contribution in [0, 0.1) is 0 Å². The zero-order valence-corrected chi connectivity index (χ0v) is 16.5. The van der Waals surface area contributed by atoms with Gasteiger partial charge in [0.25, 0.3) is 0 Å². The summed E-state index contributed by atoms with van der Waals surface area (Å²) in [6.45, 7) is 1.42. The molecule has 0 atom stereocenters. The van der Waals surface area contributed by atoms with Gasteiger partial charge in [-0.3, -0.25) is 14.8 Å². The molecule has 0 aliphatic heterocycles. The first-order chi connectivity index (χ1) is 14.7. The zero-order chi connectivity index (χ0) is 20.8. The predicted molar refractivity (Wildman–Crippen MR) is 115 cm³/mol. The van der Waals surface area contributed by atoms with Crippen LogP contribution >= 0.6 is 0 Å². The standard InChI is InChI=1S/C24H23N3O3/c28-23(15-16-27-21-13-7-8-14-22(21)30-24(27)29)25-26(17-19-9-3-1-4-10-19)18-20-11-5-2-6-12-20/h1-14H,15-18H2,(H,25,28). The van der Waals surface area contributed by atoms with Gasteiger partial charge in [0.1, 0.15) is 0 Å². The Hall–Kier alpha value is -3.64. The lowest BCUT2D eigenvalue weighted by Crippen LogP contribution is -2.41. The topological polar surface area (TPSA) is 67.5 Å². The summed E-state index contributed by atoms with van der Waals surface area (Å²) in [6.07, 6.45) is 0.170. The summed E-state index contributed by atoms with van der Waals surface area (Å²) in [5, 5.41) is 1.89. The lowest BCUT2D eigenvalue weighted by atomic mass is 10.2. The lowest BCUT2D eigenvalue weighted by Gasteiger charge is -2.23. The molecule has 0 saturated heterocycles. The van der Waals surface area contributed by atoms with E-state index in [9.17, 15) is 9.59 Å². The first-order valence-electron chi connectivity index (χ1n) is 9.90. The number of hydrogen-bond donors (Lipinski definition) is 1. The van der Waals surface area contributed by atoms with Gasteiger partial charge in [-0.05, 0) is 23.3 Å². The smallest absolute Gasteiger partial charge is 0.408 e. The normalized spacial score (nSPS) is 11.1. The third-order valence-corrected chi connectivity index (χ3v) is 4.85. The molecule has 0 spiro atoms. The van der Waals surface area contributed by atoms with Gasteiger partial charge in [-0.15, -0.1) is 0 Å². The van der Waals surface area contributed by atoms with Crippen molar-refractivity contribution >= 4 is 17.0 Å². The number of carbonyl (C=O) groups excluding carboxylic acids is 1. The molecule has 0 unspecified atom stereocenters. The number of aryl methyl sites for hydroxylation is 1. The average Bonchev–Trinajstić information content (AvgIpc) is 3.08. The molecular weight excluding hydrogens is 378 g/mol. The minimum absolute atomic E-state index is 0.154. The maximum Gasteiger partial charge on any atom is 0.419 e. The van der Waals surface area contributed by atoms with E-state index in [-0.39, 0.29) is 18.9 Å². The molecule has 0 bridgehead atoms. The molecule has 6 heteroatoms. The third kappa shape index (κ3) is 4.85. The van der Waals surface area contributed by atoms with Crippen LogP contribution in [0.3, 0.4) is 0 Å². The number of nitrogens with one attached hydrogen (secondary N) is 1. The maximum absolute atomic E-state index is 12.7. The molecule has 0 saturated carbocycles. The van der Waals surface area contributed by atoms with Crippen LogP contribution in [-0.2, 0) is 24.4 Å². The number of hydrazine groups is 1. The van der Waals surface area contributed by atoms with Gasteiger partial charge in [-0.2, -0.15) is 0 Å². The first-order valence-corrected chi connectivity index (χ1v) is 9.90. The number of nitrogens with zero attached hydrogens (tertiary/aromatic N) is 2. The van der Waals surface area contributed by atoms with Gasteiger partial charge in [0, 0.05) is 26.1 Å². The highest BCUT2D eigenvalue weighted by Crippen LogP contribution is 2.12. The number of aromatic nitrogens is 1. The number of oxazole rings is 1. The number of fused-ring (bicyclic) bond motifs is 1. The minimum atomic E-state index is -0.450. The summed E-state index contributed by atoms with van der Waals surface area (Å²) >= 11 is 0. The van der Waals surface area contributed by atoms with Crippen molar-refractivity contribution < 1.29 is 9.21 Å². The summed E-state index contributed by atoms with van der Waals surface area (Å²) < 4.78 is 6.73. The molecular formula is C24H23N3O3. The number of para-hydroxylation sites is 2. The van der Waals surface area contributed by atoms with Crippen molar-refractivity contribution in [2.75, 3.05) is 0 Å². The summed E-state index contributed by atoms with van der Waals surface area (Å²) in [7, 11) is 0. The number of hydrogen-bond acceptors (Lipinski definition) is 4. The lowest BCUT2D eigenvalue weighted by molar-refractivity contribution is -0.126. The van der Waals surface area contributed by atoms with Crippen molar-refractivity contribution in [3.8, 4) is 0 Å². The number of carbonyl (C=O) groups is 1. The van der Waals surface area contributed by atoms with Crippen LogP contribution in [0.2, 0.25) is 0 Å². The molecule has 3 aromatic carbocycles. The number of amides is 1. The van der Waals surface area contributed by atoms with Crippen LogP contribution in [0.15, 0.2) is 94.1 Å². The fourth-order valence-electron chi connectivity index (χ4n) is 3.41. The predicted octanol–water partition coefficient (Wildman–Crippen LogP) is 3.72. The second-order valence-electron chi connectivity index (χ2n) is 7.10. The van der Waals surface area contributed by atoms with Gasteiger partial charge >= 0.3 is 5.76 Å². The Morgan fingerprint density at radius 3 is 2.03 bits per heavy atom. The summed E-state index contributed by atoms with van der Waals surface area (Å²) in [5.74, 6) is -0.603. The molecule has 1 N–H and O–H groups in total. The average molecular weight is 401 g/mol. The van der Waals surface area contributed by atoms with Crippen LogP contribution in [0.5, 0.6) is 0 Å². The molecule has 0 fully saturated rings. The van der Waals surface area contributed by atoms with Crippen LogP contribution < -0.4 is 11.2 Å². The van der Waals surface area contributed by atoms with E-state index in [0.29, 0.717) is 24.2 Å². The number of benzene rings is 3.